The zero-order chi connectivity index (χ0) is 13.8. The molecule has 2 N–H and O–H groups in total. The summed E-state index contributed by atoms with van der Waals surface area (Å²) in [7, 11) is -1.70. The van der Waals surface area contributed by atoms with Crippen molar-refractivity contribution in [3.63, 3.8) is 0 Å². The number of nitrogens with two attached hydrogens (primary N) is 1. The van der Waals surface area contributed by atoms with E-state index in [-0.39, 0.29) is 6.04 Å². The molecule has 0 saturated carbocycles. The SMILES string of the molecule is CCCC(C)N(C)S(=O)(=O)c1ccc(CCN)s1. The van der Waals surface area contributed by atoms with E-state index in [0.717, 1.165) is 24.1 Å². The molecule has 1 atom stereocenters. The van der Waals surface area contributed by atoms with Crippen molar-refractivity contribution in [2.24, 2.45) is 5.73 Å². The zero-order valence-electron chi connectivity index (χ0n) is 11.2. The maximum absolute atomic E-state index is 12.4. The van der Waals surface area contributed by atoms with Crippen LogP contribution >= 0.6 is 11.3 Å². The fourth-order valence-corrected chi connectivity index (χ4v) is 4.70. The van der Waals surface area contributed by atoms with E-state index in [1.54, 1.807) is 13.1 Å². The van der Waals surface area contributed by atoms with Crippen LogP contribution in [0.5, 0.6) is 0 Å². The van der Waals surface area contributed by atoms with E-state index in [9.17, 15) is 8.42 Å². The molecule has 0 aliphatic rings. The van der Waals surface area contributed by atoms with Crippen LogP contribution < -0.4 is 5.73 Å². The first kappa shape index (κ1) is 15.6. The summed E-state index contributed by atoms with van der Waals surface area (Å²) >= 11 is 1.32. The molecule has 0 bridgehead atoms. The largest absolute Gasteiger partial charge is 0.330 e. The zero-order valence-corrected chi connectivity index (χ0v) is 12.9. The van der Waals surface area contributed by atoms with Gasteiger partial charge in [-0.3, -0.25) is 0 Å². The van der Waals surface area contributed by atoms with Crippen molar-refractivity contribution in [3.8, 4) is 0 Å². The van der Waals surface area contributed by atoms with E-state index in [1.807, 2.05) is 13.0 Å². The molecule has 1 rings (SSSR count). The van der Waals surface area contributed by atoms with Gasteiger partial charge in [0.2, 0.25) is 0 Å². The maximum atomic E-state index is 12.4. The lowest BCUT2D eigenvalue weighted by atomic mass is 10.2. The van der Waals surface area contributed by atoms with Crippen molar-refractivity contribution >= 4 is 21.4 Å². The molecular formula is C12H22N2O2S2. The van der Waals surface area contributed by atoms with Crippen molar-refractivity contribution < 1.29 is 8.42 Å². The highest BCUT2D eigenvalue weighted by Crippen LogP contribution is 2.26. The smallest absolute Gasteiger partial charge is 0.252 e. The van der Waals surface area contributed by atoms with Gasteiger partial charge in [0.1, 0.15) is 4.21 Å². The predicted molar refractivity (Wildman–Crippen MR) is 76.4 cm³/mol. The lowest BCUT2D eigenvalue weighted by molar-refractivity contribution is 0.369. The standard InChI is InChI=1S/C12H22N2O2S2/c1-4-5-10(2)14(3)18(15,16)12-7-6-11(17-12)8-9-13/h6-7,10H,4-5,8-9,13H2,1-3H3. The van der Waals surface area contributed by atoms with Crippen LogP contribution in [-0.2, 0) is 16.4 Å². The molecule has 0 spiro atoms. The third kappa shape index (κ3) is 3.54. The van der Waals surface area contributed by atoms with Gasteiger partial charge in [-0.25, -0.2) is 8.42 Å². The Hall–Kier alpha value is -0.430. The fraction of sp³-hybridized carbons (Fsp3) is 0.667. The number of hydrogen-bond donors (Lipinski definition) is 1. The maximum Gasteiger partial charge on any atom is 0.252 e. The molecule has 6 heteroatoms. The average molecular weight is 290 g/mol. The molecule has 18 heavy (non-hydrogen) atoms. The third-order valence-electron chi connectivity index (χ3n) is 2.99. The van der Waals surface area contributed by atoms with Gasteiger partial charge >= 0.3 is 0 Å². The van der Waals surface area contributed by atoms with E-state index in [0.29, 0.717) is 10.8 Å². The van der Waals surface area contributed by atoms with Gasteiger partial charge in [0.25, 0.3) is 10.0 Å². The summed E-state index contributed by atoms with van der Waals surface area (Å²) in [6.45, 7) is 4.54. The monoisotopic (exact) mass is 290 g/mol. The summed E-state index contributed by atoms with van der Waals surface area (Å²) in [5.74, 6) is 0. The molecule has 1 heterocycles. The van der Waals surface area contributed by atoms with E-state index in [4.69, 9.17) is 5.73 Å². The fourth-order valence-electron chi connectivity index (χ4n) is 1.75. The first-order valence-electron chi connectivity index (χ1n) is 6.20. The number of rotatable bonds is 7. The molecule has 4 nitrogen and oxygen atoms in total. The Balaban J connectivity index is 2.90. The molecule has 0 radical (unpaired) electrons. The van der Waals surface area contributed by atoms with Crippen LogP contribution in [-0.4, -0.2) is 32.4 Å². The van der Waals surface area contributed by atoms with Gasteiger partial charge in [-0.1, -0.05) is 13.3 Å². The van der Waals surface area contributed by atoms with Crippen molar-refractivity contribution in [1.82, 2.24) is 4.31 Å². The Morgan fingerprint density at radius 1 is 1.44 bits per heavy atom. The second-order valence-corrected chi connectivity index (χ2v) is 7.81. The molecule has 0 amide bonds. The van der Waals surface area contributed by atoms with Gasteiger partial charge in [-0.2, -0.15) is 4.31 Å². The van der Waals surface area contributed by atoms with Gasteiger partial charge in [0.15, 0.2) is 0 Å². The first-order valence-corrected chi connectivity index (χ1v) is 8.46. The summed E-state index contributed by atoms with van der Waals surface area (Å²) in [5, 5.41) is 0. The van der Waals surface area contributed by atoms with E-state index in [1.165, 1.54) is 15.6 Å². The highest BCUT2D eigenvalue weighted by Gasteiger charge is 2.26. The Morgan fingerprint density at radius 2 is 2.11 bits per heavy atom. The summed E-state index contributed by atoms with van der Waals surface area (Å²) in [4.78, 5) is 1.02. The lowest BCUT2D eigenvalue weighted by Gasteiger charge is -2.23. The van der Waals surface area contributed by atoms with Crippen LogP contribution in [0.25, 0.3) is 0 Å². The van der Waals surface area contributed by atoms with Crippen LogP contribution in [0.1, 0.15) is 31.6 Å². The number of nitrogens with zero attached hydrogens (tertiary/aromatic N) is 1. The van der Waals surface area contributed by atoms with Gasteiger partial charge in [-0.05, 0) is 38.4 Å². The van der Waals surface area contributed by atoms with Gasteiger partial charge in [0, 0.05) is 18.0 Å². The van der Waals surface area contributed by atoms with Gasteiger partial charge in [-0.15, -0.1) is 11.3 Å². The Kier molecular flexibility index (Phi) is 5.78. The second-order valence-electron chi connectivity index (χ2n) is 4.42. The number of hydrogen-bond acceptors (Lipinski definition) is 4. The normalized spacial score (nSPS) is 14.1. The van der Waals surface area contributed by atoms with Crippen molar-refractivity contribution in [1.29, 1.82) is 0 Å². The number of thiophene rings is 1. The molecule has 1 unspecified atom stereocenters. The van der Waals surface area contributed by atoms with E-state index >= 15 is 0 Å². The molecule has 0 aliphatic carbocycles. The molecule has 0 fully saturated rings. The minimum absolute atomic E-state index is 0.0278. The highest BCUT2D eigenvalue weighted by atomic mass is 32.2. The molecule has 0 aliphatic heterocycles. The van der Waals surface area contributed by atoms with Gasteiger partial charge in [0.05, 0.1) is 0 Å². The predicted octanol–water partition coefficient (Wildman–Crippen LogP) is 2.06. The molecule has 1 aromatic heterocycles. The Morgan fingerprint density at radius 3 is 2.67 bits per heavy atom. The quantitative estimate of drug-likeness (QED) is 0.836. The van der Waals surface area contributed by atoms with Crippen molar-refractivity contribution in [2.45, 2.75) is 43.4 Å². The van der Waals surface area contributed by atoms with Gasteiger partial charge < -0.3 is 5.73 Å². The van der Waals surface area contributed by atoms with Crippen LogP contribution in [0.15, 0.2) is 16.3 Å². The molecule has 0 saturated heterocycles. The van der Waals surface area contributed by atoms with Crippen LogP contribution in [0, 0.1) is 0 Å². The summed E-state index contributed by atoms with van der Waals surface area (Å²) in [6.07, 6.45) is 2.58. The minimum atomic E-state index is -3.35. The van der Waals surface area contributed by atoms with E-state index in [2.05, 4.69) is 6.92 Å². The third-order valence-corrected chi connectivity index (χ3v) is 6.57. The highest BCUT2D eigenvalue weighted by molar-refractivity contribution is 7.91. The average Bonchev–Trinajstić information content (AvgIpc) is 2.78. The molecule has 104 valence electrons. The topological polar surface area (TPSA) is 63.4 Å². The van der Waals surface area contributed by atoms with Crippen LogP contribution in [0.4, 0.5) is 0 Å². The Labute approximate surface area is 114 Å². The molecule has 0 aromatic carbocycles. The van der Waals surface area contributed by atoms with E-state index < -0.39 is 10.0 Å². The molecular weight excluding hydrogens is 268 g/mol. The first-order chi connectivity index (χ1) is 8.43. The van der Waals surface area contributed by atoms with Crippen molar-refractivity contribution in [3.05, 3.63) is 17.0 Å². The Bertz CT molecular complexity index is 468. The lowest BCUT2D eigenvalue weighted by Crippen LogP contribution is -2.34. The number of sulfonamides is 1. The second kappa shape index (κ2) is 6.65. The molecule has 1 aromatic rings. The van der Waals surface area contributed by atoms with Crippen LogP contribution in [0.2, 0.25) is 0 Å². The van der Waals surface area contributed by atoms with Crippen LogP contribution in [0.3, 0.4) is 0 Å². The summed E-state index contributed by atoms with van der Waals surface area (Å²) in [6, 6.07) is 3.56. The van der Waals surface area contributed by atoms with Crippen molar-refractivity contribution in [2.75, 3.05) is 13.6 Å². The minimum Gasteiger partial charge on any atom is -0.330 e. The summed E-state index contributed by atoms with van der Waals surface area (Å²) < 4.78 is 26.6. The summed E-state index contributed by atoms with van der Waals surface area (Å²) in [5.41, 5.74) is 5.47.